The third kappa shape index (κ3) is 2.88. The molecular formula is C12H11BrCl2N2O. The number of rotatable bonds is 3. The SMILES string of the molecule is Cn1ncc(Br)c1C(O)Cc1ccc(Cl)c(Cl)c1. The Balaban J connectivity index is 2.21. The van der Waals surface area contributed by atoms with Crippen LogP contribution >= 0.6 is 39.1 Å². The van der Waals surface area contributed by atoms with Gasteiger partial charge in [0.25, 0.3) is 0 Å². The number of aromatic nitrogens is 2. The Morgan fingerprint density at radius 2 is 2.11 bits per heavy atom. The smallest absolute Gasteiger partial charge is 0.101 e. The topological polar surface area (TPSA) is 38.0 Å². The van der Waals surface area contributed by atoms with Crippen molar-refractivity contribution in [2.45, 2.75) is 12.5 Å². The molecule has 18 heavy (non-hydrogen) atoms. The molecule has 1 heterocycles. The molecule has 3 nitrogen and oxygen atoms in total. The fourth-order valence-corrected chi connectivity index (χ4v) is 2.71. The zero-order valence-corrected chi connectivity index (χ0v) is 12.7. The van der Waals surface area contributed by atoms with Crippen LogP contribution in [0.4, 0.5) is 0 Å². The Morgan fingerprint density at radius 3 is 2.67 bits per heavy atom. The fraction of sp³-hybridized carbons (Fsp3) is 0.250. The van der Waals surface area contributed by atoms with E-state index in [1.54, 1.807) is 30.1 Å². The molecule has 0 bridgehead atoms. The largest absolute Gasteiger partial charge is 0.386 e. The molecule has 0 fully saturated rings. The lowest BCUT2D eigenvalue weighted by molar-refractivity contribution is 0.168. The first-order chi connectivity index (χ1) is 8.49. The highest BCUT2D eigenvalue weighted by atomic mass is 79.9. The average Bonchev–Trinajstić information content (AvgIpc) is 2.64. The lowest BCUT2D eigenvalue weighted by Crippen LogP contribution is -2.08. The highest BCUT2D eigenvalue weighted by molar-refractivity contribution is 9.10. The van der Waals surface area contributed by atoms with Gasteiger partial charge in [-0.1, -0.05) is 29.3 Å². The first kappa shape index (κ1) is 13.9. The van der Waals surface area contributed by atoms with E-state index in [4.69, 9.17) is 23.2 Å². The zero-order chi connectivity index (χ0) is 13.3. The Labute approximate surface area is 123 Å². The molecule has 6 heteroatoms. The van der Waals surface area contributed by atoms with Crippen LogP contribution < -0.4 is 0 Å². The van der Waals surface area contributed by atoms with Crippen molar-refractivity contribution in [3.05, 3.63) is 50.2 Å². The van der Waals surface area contributed by atoms with Gasteiger partial charge >= 0.3 is 0 Å². The molecule has 1 N–H and O–H groups in total. The summed E-state index contributed by atoms with van der Waals surface area (Å²) >= 11 is 15.2. The van der Waals surface area contributed by atoms with Gasteiger partial charge in [0.15, 0.2) is 0 Å². The minimum Gasteiger partial charge on any atom is -0.386 e. The van der Waals surface area contributed by atoms with E-state index in [0.29, 0.717) is 16.5 Å². The van der Waals surface area contributed by atoms with Crippen LogP contribution in [0.2, 0.25) is 10.0 Å². The number of hydrogen-bond acceptors (Lipinski definition) is 2. The van der Waals surface area contributed by atoms with Crippen molar-refractivity contribution in [2.75, 3.05) is 0 Å². The van der Waals surface area contributed by atoms with E-state index in [2.05, 4.69) is 21.0 Å². The number of nitrogens with zero attached hydrogens (tertiary/aromatic N) is 2. The second-order valence-corrected chi connectivity index (χ2v) is 5.64. The summed E-state index contributed by atoms with van der Waals surface area (Å²) < 4.78 is 2.43. The predicted molar refractivity (Wildman–Crippen MR) is 76.0 cm³/mol. The summed E-state index contributed by atoms with van der Waals surface area (Å²) in [7, 11) is 1.79. The standard InChI is InChI=1S/C12H11BrCl2N2O/c1-17-12(8(13)6-16-17)11(18)5-7-2-3-9(14)10(15)4-7/h2-4,6,11,18H,5H2,1H3. The molecule has 0 aliphatic rings. The molecule has 0 aliphatic carbocycles. The zero-order valence-electron chi connectivity index (χ0n) is 9.57. The molecule has 1 aromatic carbocycles. The number of hydrogen-bond donors (Lipinski definition) is 1. The maximum absolute atomic E-state index is 10.2. The van der Waals surface area contributed by atoms with Gasteiger partial charge in [0.05, 0.1) is 26.4 Å². The molecule has 0 radical (unpaired) electrons. The molecule has 2 aromatic rings. The van der Waals surface area contributed by atoms with Gasteiger partial charge in [0.1, 0.15) is 6.10 Å². The third-order valence-electron chi connectivity index (χ3n) is 2.67. The maximum Gasteiger partial charge on any atom is 0.101 e. The van der Waals surface area contributed by atoms with E-state index in [1.807, 2.05) is 6.07 Å². The van der Waals surface area contributed by atoms with Crippen molar-refractivity contribution in [3.63, 3.8) is 0 Å². The lowest BCUT2D eigenvalue weighted by Gasteiger charge is -2.12. The molecule has 0 saturated heterocycles. The summed E-state index contributed by atoms with van der Waals surface area (Å²) in [6.45, 7) is 0. The van der Waals surface area contributed by atoms with Crippen molar-refractivity contribution < 1.29 is 5.11 Å². The first-order valence-corrected chi connectivity index (χ1v) is 6.83. The molecule has 1 aromatic heterocycles. The molecule has 2 rings (SSSR count). The molecular weight excluding hydrogens is 339 g/mol. The summed E-state index contributed by atoms with van der Waals surface area (Å²) in [6, 6.07) is 5.34. The van der Waals surface area contributed by atoms with E-state index < -0.39 is 6.10 Å². The van der Waals surface area contributed by atoms with Gasteiger partial charge in [-0.05, 0) is 33.6 Å². The van der Waals surface area contributed by atoms with Gasteiger partial charge in [-0.25, -0.2) is 0 Å². The van der Waals surface area contributed by atoms with Gasteiger partial charge in [-0.2, -0.15) is 5.10 Å². The van der Waals surface area contributed by atoms with Crippen LogP contribution in [0.15, 0.2) is 28.9 Å². The predicted octanol–water partition coefficient (Wildman–Crippen LogP) is 3.77. The quantitative estimate of drug-likeness (QED) is 0.915. The Morgan fingerprint density at radius 1 is 1.39 bits per heavy atom. The van der Waals surface area contributed by atoms with Gasteiger partial charge in [0.2, 0.25) is 0 Å². The number of benzene rings is 1. The molecule has 1 atom stereocenters. The number of aryl methyl sites for hydroxylation is 1. The Kier molecular flexibility index (Phi) is 4.33. The average molecular weight is 350 g/mol. The maximum atomic E-state index is 10.2. The highest BCUT2D eigenvalue weighted by Crippen LogP contribution is 2.28. The van der Waals surface area contributed by atoms with Gasteiger partial charge < -0.3 is 5.11 Å². The van der Waals surface area contributed by atoms with Crippen LogP contribution in [-0.4, -0.2) is 14.9 Å². The van der Waals surface area contributed by atoms with Crippen molar-refractivity contribution in [1.29, 1.82) is 0 Å². The minimum atomic E-state index is -0.649. The number of aliphatic hydroxyl groups is 1. The number of halogens is 3. The second kappa shape index (κ2) is 5.61. The summed E-state index contributed by atoms with van der Waals surface area (Å²) in [5, 5.41) is 15.3. The Hall–Kier alpha value is -0.550. The van der Waals surface area contributed by atoms with Gasteiger partial charge in [0, 0.05) is 13.5 Å². The summed E-state index contributed by atoms with van der Waals surface area (Å²) in [4.78, 5) is 0. The van der Waals surface area contributed by atoms with Crippen LogP contribution in [0.3, 0.4) is 0 Å². The lowest BCUT2D eigenvalue weighted by atomic mass is 10.1. The Bertz CT molecular complexity index is 552. The second-order valence-electron chi connectivity index (χ2n) is 3.97. The third-order valence-corrected chi connectivity index (χ3v) is 4.02. The van der Waals surface area contributed by atoms with Crippen LogP contribution in [0.25, 0.3) is 0 Å². The normalized spacial score (nSPS) is 12.7. The summed E-state index contributed by atoms with van der Waals surface area (Å²) in [6.07, 6.45) is 1.46. The molecule has 0 spiro atoms. The minimum absolute atomic E-state index is 0.453. The van der Waals surface area contributed by atoms with Gasteiger partial charge in [-0.15, -0.1) is 0 Å². The molecule has 0 aliphatic heterocycles. The summed E-state index contributed by atoms with van der Waals surface area (Å²) in [5.74, 6) is 0. The first-order valence-electron chi connectivity index (χ1n) is 5.28. The molecule has 0 saturated carbocycles. The van der Waals surface area contributed by atoms with E-state index in [9.17, 15) is 5.11 Å². The monoisotopic (exact) mass is 348 g/mol. The van der Waals surface area contributed by atoms with Gasteiger partial charge in [-0.3, -0.25) is 4.68 Å². The molecule has 0 amide bonds. The molecule has 96 valence electrons. The molecule has 1 unspecified atom stereocenters. The van der Waals surface area contributed by atoms with Crippen molar-refractivity contribution >= 4 is 39.1 Å². The van der Waals surface area contributed by atoms with E-state index >= 15 is 0 Å². The van der Waals surface area contributed by atoms with Crippen LogP contribution in [0.1, 0.15) is 17.4 Å². The summed E-state index contributed by atoms with van der Waals surface area (Å²) in [5.41, 5.74) is 1.66. The van der Waals surface area contributed by atoms with Crippen molar-refractivity contribution in [1.82, 2.24) is 9.78 Å². The fourth-order valence-electron chi connectivity index (χ4n) is 1.78. The van der Waals surface area contributed by atoms with E-state index in [-0.39, 0.29) is 0 Å². The van der Waals surface area contributed by atoms with E-state index in [0.717, 1.165) is 15.7 Å². The van der Waals surface area contributed by atoms with E-state index in [1.165, 1.54) is 0 Å². The van der Waals surface area contributed by atoms with Crippen LogP contribution in [-0.2, 0) is 13.5 Å². The van der Waals surface area contributed by atoms with Crippen molar-refractivity contribution in [3.8, 4) is 0 Å². The highest BCUT2D eigenvalue weighted by Gasteiger charge is 2.17. The number of aliphatic hydroxyl groups excluding tert-OH is 1. The van der Waals surface area contributed by atoms with Crippen LogP contribution in [0, 0.1) is 0 Å². The van der Waals surface area contributed by atoms with Crippen LogP contribution in [0.5, 0.6) is 0 Å². The van der Waals surface area contributed by atoms with Crippen molar-refractivity contribution in [2.24, 2.45) is 7.05 Å².